The molecule has 1 fully saturated rings. The average Bonchev–Trinajstić information content (AvgIpc) is 2.49. The van der Waals surface area contributed by atoms with Crippen molar-refractivity contribution in [2.45, 2.75) is 20.3 Å². The first-order valence-electron chi connectivity index (χ1n) is 8.28. The zero-order valence-electron chi connectivity index (χ0n) is 14.3. The smallest absolute Gasteiger partial charge is 0.224 e. The molecule has 1 aromatic rings. The van der Waals surface area contributed by atoms with Gasteiger partial charge >= 0.3 is 0 Å². The van der Waals surface area contributed by atoms with Crippen LogP contribution in [0.3, 0.4) is 0 Å². The van der Waals surface area contributed by atoms with Gasteiger partial charge in [0.25, 0.3) is 0 Å². The van der Waals surface area contributed by atoms with Crippen LogP contribution in [0.25, 0.3) is 0 Å². The molecule has 5 nitrogen and oxygen atoms in total. The largest absolute Gasteiger partial charge is 0.326 e. The van der Waals surface area contributed by atoms with E-state index in [9.17, 15) is 9.59 Å². The number of Topliss-reactive ketones (excluding diaryl/α,β-unsaturated/α-hetero) is 1. The fourth-order valence-corrected chi connectivity index (χ4v) is 2.62. The van der Waals surface area contributed by atoms with Crippen LogP contribution >= 0.6 is 0 Å². The molecule has 1 N–H and O–H groups in total. The number of piperazine rings is 1. The predicted octanol–water partition coefficient (Wildman–Crippen LogP) is 2.10. The highest BCUT2D eigenvalue weighted by molar-refractivity contribution is 5.98. The molecule has 1 saturated heterocycles. The van der Waals surface area contributed by atoms with E-state index >= 15 is 0 Å². The molecule has 126 valence electrons. The van der Waals surface area contributed by atoms with Gasteiger partial charge < -0.3 is 10.2 Å². The van der Waals surface area contributed by atoms with Gasteiger partial charge in [-0.25, -0.2) is 0 Å². The normalized spacial score (nSPS) is 16.5. The number of likely N-dealkylation sites (N-methyl/N-ethyl adjacent to an activating group) is 1. The zero-order chi connectivity index (χ0) is 16.8. The molecule has 1 amide bonds. The van der Waals surface area contributed by atoms with Gasteiger partial charge in [0.15, 0.2) is 5.78 Å². The topological polar surface area (TPSA) is 52.7 Å². The Morgan fingerprint density at radius 3 is 2.26 bits per heavy atom. The third-order valence-corrected chi connectivity index (χ3v) is 4.05. The van der Waals surface area contributed by atoms with Crippen LogP contribution in [0.2, 0.25) is 0 Å². The van der Waals surface area contributed by atoms with Gasteiger partial charge in [-0.1, -0.05) is 13.8 Å². The molecule has 0 saturated carbocycles. The molecule has 0 unspecified atom stereocenters. The van der Waals surface area contributed by atoms with E-state index in [0.717, 1.165) is 31.9 Å². The van der Waals surface area contributed by atoms with Crippen molar-refractivity contribution in [3.05, 3.63) is 29.8 Å². The van der Waals surface area contributed by atoms with E-state index < -0.39 is 0 Å². The van der Waals surface area contributed by atoms with Crippen molar-refractivity contribution in [3.63, 3.8) is 0 Å². The summed E-state index contributed by atoms with van der Waals surface area (Å²) in [6.07, 6.45) is 0.504. The van der Waals surface area contributed by atoms with Gasteiger partial charge in [0, 0.05) is 43.9 Å². The van der Waals surface area contributed by atoms with Crippen LogP contribution < -0.4 is 5.32 Å². The number of hydrogen-bond acceptors (Lipinski definition) is 4. The second kappa shape index (κ2) is 8.22. The molecule has 0 aromatic heterocycles. The van der Waals surface area contributed by atoms with Crippen LogP contribution in [0, 0.1) is 5.92 Å². The number of hydrogen-bond donors (Lipinski definition) is 1. The molecular formula is C18H27N3O2. The summed E-state index contributed by atoms with van der Waals surface area (Å²) in [5, 5.41) is 2.86. The second-order valence-electron chi connectivity index (χ2n) is 6.73. The van der Waals surface area contributed by atoms with E-state index in [-0.39, 0.29) is 11.7 Å². The summed E-state index contributed by atoms with van der Waals surface area (Å²) in [5.74, 6) is 0.477. The molecule has 1 aliphatic heterocycles. The SMILES string of the molecule is CC(C)CC(=O)Nc1ccc(C(=O)CN2CCN(C)CC2)cc1. The van der Waals surface area contributed by atoms with Gasteiger partial charge in [0.2, 0.25) is 5.91 Å². The lowest BCUT2D eigenvalue weighted by Gasteiger charge is -2.31. The van der Waals surface area contributed by atoms with Crippen molar-refractivity contribution in [3.8, 4) is 0 Å². The Labute approximate surface area is 138 Å². The van der Waals surface area contributed by atoms with Crippen LogP contribution in [0.5, 0.6) is 0 Å². The summed E-state index contributed by atoms with van der Waals surface area (Å²) >= 11 is 0. The number of ketones is 1. The van der Waals surface area contributed by atoms with E-state index in [1.165, 1.54) is 0 Å². The summed E-state index contributed by atoms with van der Waals surface area (Å²) in [6.45, 7) is 8.38. The van der Waals surface area contributed by atoms with Crippen LogP contribution in [-0.4, -0.2) is 61.3 Å². The molecule has 0 bridgehead atoms. The van der Waals surface area contributed by atoms with Crippen molar-refractivity contribution in [2.75, 3.05) is 45.1 Å². The summed E-state index contributed by atoms with van der Waals surface area (Å²) in [7, 11) is 2.10. The van der Waals surface area contributed by atoms with E-state index in [4.69, 9.17) is 0 Å². The molecule has 5 heteroatoms. The molecule has 23 heavy (non-hydrogen) atoms. The highest BCUT2D eigenvalue weighted by Gasteiger charge is 2.17. The number of amides is 1. The molecule has 1 aromatic carbocycles. The molecule has 2 rings (SSSR count). The summed E-state index contributed by atoms with van der Waals surface area (Å²) in [4.78, 5) is 28.5. The molecule has 1 aliphatic rings. The standard InChI is InChI=1S/C18H27N3O2/c1-14(2)12-18(23)19-16-6-4-15(5-7-16)17(22)13-21-10-8-20(3)9-11-21/h4-7,14H,8-13H2,1-3H3,(H,19,23). The Bertz CT molecular complexity index is 532. The first-order valence-corrected chi connectivity index (χ1v) is 8.28. The Kier molecular flexibility index (Phi) is 6.30. The van der Waals surface area contributed by atoms with Gasteiger partial charge in [-0.05, 0) is 37.2 Å². The lowest BCUT2D eigenvalue weighted by molar-refractivity contribution is -0.116. The Morgan fingerprint density at radius 2 is 1.70 bits per heavy atom. The fraction of sp³-hybridized carbons (Fsp3) is 0.556. The summed E-state index contributed by atoms with van der Waals surface area (Å²) in [6, 6.07) is 7.19. The molecule has 0 atom stereocenters. The van der Waals surface area contributed by atoms with Crippen LogP contribution in [0.1, 0.15) is 30.6 Å². The number of benzene rings is 1. The van der Waals surface area contributed by atoms with Gasteiger partial charge in [-0.15, -0.1) is 0 Å². The Balaban J connectivity index is 1.86. The van der Waals surface area contributed by atoms with Crippen molar-refractivity contribution in [1.82, 2.24) is 9.80 Å². The lowest BCUT2D eigenvalue weighted by atomic mass is 10.1. The summed E-state index contributed by atoms with van der Waals surface area (Å²) in [5.41, 5.74) is 1.44. The highest BCUT2D eigenvalue weighted by Crippen LogP contribution is 2.12. The Morgan fingerprint density at radius 1 is 1.09 bits per heavy atom. The van der Waals surface area contributed by atoms with Crippen molar-refractivity contribution < 1.29 is 9.59 Å². The van der Waals surface area contributed by atoms with Gasteiger partial charge in [0.1, 0.15) is 0 Å². The minimum absolute atomic E-state index is 0.0107. The van der Waals surface area contributed by atoms with E-state index in [1.807, 2.05) is 13.8 Å². The van der Waals surface area contributed by atoms with Gasteiger partial charge in [0.05, 0.1) is 6.54 Å². The first-order chi connectivity index (χ1) is 10.9. The number of nitrogens with one attached hydrogen (secondary N) is 1. The number of anilines is 1. The quantitative estimate of drug-likeness (QED) is 0.817. The van der Waals surface area contributed by atoms with Crippen LogP contribution in [0.15, 0.2) is 24.3 Å². The van der Waals surface area contributed by atoms with Crippen LogP contribution in [0.4, 0.5) is 5.69 Å². The van der Waals surface area contributed by atoms with E-state index in [1.54, 1.807) is 24.3 Å². The number of nitrogens with zero attached hydrogens (tertiary/aromatic N) is 2. The van der Waals surface area contributed by atoms with E-state index in [0.29, 0.717) is 24.4 Å². The van der Waals surface area contributed by atoms with Crippen molar-refractivity contribution in [1.29, 1.82) is 0 Å². The molecule has 0 spiro atoms. The maximum absolute atomic E-state index is 12.3. The maximum atomic E-state index is 12.3. The van der Waals surface area contributed by atoms with Crippen molar-refractivity contribution >= 4 is 17.4 Å². The van der Waals surface area contributed by atoms with Gasteiger partial charge in [-0.3, -0.25) is 14.5 Å². The first kappa shape index (κ1) is 17.6. The molecule has 0 radical (unpaired) electrons. The lowest BCUT2D eigenvalue weighted by Crippen LogP contribution is -2.46. The number of carbonyl (C=O) groups is 2. The third-order valence-electron chi connectivity index (χ3n) is 4.05. The van der Waals surface area contributed by atoms with E-state index in [2.05, 4.69) is 22.2 Å². The minimum atomic E-state index is 0.0107. The monoisotopic (exact) mass is 317 g/mol. The Hall–Kier alpha value is -1.72. The molecule has 0 aliphatic carbocycles. The average molecular weight is 317 g/mol. The van der Waals surface area contributed by atoms with Gasteiger partial charge in [-0.2, -0.15) is 0 Å². The van der Waals surface area contributed by atoms with Crippen LogP contribution in [-0.2, 0) is 4.79 Å². The predicted molar refractivity (Wildman–Crippen MR) is 92.8 cm³/mol. The summed E-state index contributed by atoms with van der Waals surface area (Å²) < 4.78 is 0. The number of rotatable bonds is 6. The molecular weight excluding hydrogens is 290 g/mol. The zero-order valence-corrected chi connectivity index (χ0v) is 14.3. The fourth-order valence-electron chi connectivity index (χ4n) is 2.62. The molecule has 1 heterocycles. The van der Waals surface area contributed by atoms with Crippen molar-refractivity contribution in [2.24, 2.45) is 5.92 Å². The highest BCUT2D eigenvalue weighted by atomic mass is 16.1. The number of carbonyl (C=O) groups excluding carboxylic acids is 2. The maximum Gasteiger partial charge on any atom is 0.224 e. The minimum Gasteiger partial charge on any atom is -0.326 e. The third kappa shape index (κ3) is 5.77. The second-order valence-corrected chi connectivity index (χ2v) is 6.73.